The third-order valence-electron chi connectivity index (χ3n) is 4.96. The first-order valence-corrected chi connectivity index (χ1v) is 10.0. The number of nitrogens with zero attached hydrogens (tertiary/aromatic N) is 1. The van der Waals surface area contributed by atoms with Crippen LogP contribution in [-0.4, -0.2) is 52.1 Å². The highest BCUT2D eigenvalue weighted by Crippen LogP contribution is 2.32. The molecule has 1 saturated heterocycles. The van der Waals surface area contributed by atoms with Crippen LogP contribution in [0.5, 0.6) is 23.0 Å². The minimum Gasteiger partial charge on any atom is -0.497 e. The van der Waals surface area contributed by atoms with Gasteiger partial charge in [0.2, 0.25) is 12.8 Å². The van der Waals surface area contributed by atoms with Gasteiger partial charge in [-0.25, -0.2) is 4.99 Å². The van der Waals surface area contributed by atoms with Crippen LogP contribution in [0.1, 0.15) is 23.2 Å². The Morgan fingerprint density at radius 1 is 1.10 bits per heavy atom. The average molecular weight is 427 g/mol. The fraction of sp³-hybridized carbons (Fsp3) is 0.364. The molecule has 31 heavy (non-hydrogen) atoms. The van der Waals surface area contributed by atoms with Gasteiger partial charge in [-0.15, -0.1) is 0 Å². The van der Waals surface area contributed by atoms with Gasteiger partial charge in [-0.3, -0.25) is 10.1 Å². The van der Waals surface area contributed by atoms with Crippen LogP contribution in [0.25, 0.3) is 0 Å². The largest absolute Gasteiger partial charge is 0.497 e. The van der Waals surface area contributed by atoms with E-state index in [0.29, 0.717) is 46.8 Å². The van der Waals surface area contributed by atoms with Crippen molar-refractivity contribution in [2.24, 2.45) is 4.99 Å². The van der Waals surface area contributed by atoms with Crippen molar-refractivity contribution >= 4 is 17.6 Å². The molecule has 2 heterocycles. The van der Waals surface area contributed by atoms with Crippen LogP contribution in [-0.2, 0) is 4.74 Å². The van der Waals surface area contributed by atoms with E-state index in [2.05, 4.69) is 15.6 Å². The number of ether oxygens (including phenoxy) is 5. The second kappa shape index (κ2) is 9.57. The molecule has 2 N–H and O–H groups in total. The van der Waals surface area contributed by atoms with Crippen LogP contribution < -0.4 is 29.6 Å². The third kappa shape index (κ3) is 5.18. The van der Waals surface area contributed by atoms with Crippen LogP contribution in [0.15, 0.2) is 41.4 Å². The molecular weight excluding hydrogens is 402 g/mol. The molecule has 164 valence electrons. The summed E-state index contributed by atoms with van der Waals surface area (Å²) in [6, 6.07) is 10.4. The molecule has 2 aromatic rings. The van der Waals surface area contributed by atoms with Crippen molar-refractivity contribution in [1.29, 1.82) is 0 Å². The topological polar surface area (TPSA) is 99.6 Å². The highest BCUT2D eigenvalue weighted by molar-refractivity contribution is 6.10. The van der Waals surface area contributed by atoms with E-state index in [1.54, 1.807) is 50.6 Å². The maximum Gasteiger partial charge on any atom is 0.258 e. The van der Waals surface area contributed by atoms with Gasteiger partial charge >= 0.3 is 0 Å². The lowest BCUT2D eigenvalue weighted by atomic mass is 10.2. The second-order valence-electron chi connectivity index (χ2n) is 7.07. The van der Waals surface area contributed by atoms with Crippen molar-refractivity contribution in [3.8, 4) is 23.0 Å². The molecule has 0 radical (unpaired) electrons. The molecule has 0 spiro atoms. The highest BCUT2D eigenvalue weighted by atomic mass is 16.7. The second-order valence-corrected chi connectivity index (χ2v) is 7.07. The summed E-state index contributed by atoms with van der Waals surface area (Å²) in [6.07, 6.45) is 2.00. The molecule has 1 fully saturated rings. The molecule has 1 amide bonds. The smallest absolute Gasteiger partial charge is 0.258 e. The van der Waals surface area contributed by atoms with E-state index in [1.165, 1.54) is 0 Å². The quantitative estimate of drug-likeness (QED) is 0.540. The Bertz CT molecular complexity index is 949. The van der Waals surface area contributed by atoms with Crippen molar-refractivity contribution in [3.05, 3.63) is 42.0 Å². The number of carbonyl (C=O) groups excluding carboxylic acids is 1. The highest BCUT2D eigenvalue weighted by Gasteiger charge is 2.19. The molecule has 0 unspecified atom stereocenters. The number of aliphatic imine (C=N–C) groups is 1. The Kier molecular flexibility index (Phi) is 6.42. The molecule has 0 saturated carbocycles. The number of hydrogen-bond acceptors (Lipinski definition) is 7. The zero-order chi connectivity index (χ0) is 21.6. The van der Waals surface area contributed by atoms with Crippen LogP contribution in [0.2, 0.25) is 0 Å². The van der Waals surface area contributed by atoms with Crippen molar-refractivity contribution < 1.29 is 28.5 Å². The molecule has 2 aromatic carbocycles. The molecule has 1 atom stereocenters. The predicted octanol–water partition coefficient (Wildman–Crippen LogP) is 2.81. The average Bonchev–Trinajstić information content (AvgIpc) is 3.48. The van der Waals surface area contributed by atoms with Gasteiger partial charge < -0.3 is 29.0 Å². The Balaban J connectivity index is 1.54. The number of rotatable bonds is 6. The maximum atomic E-state index is 12.9. The Hall–Kier alpha value is -3.46. The van der Waals surface area contributed by atoms with Gasteiger partial charge in [-0.05, 0) is 31.0 Å². The number of fused-ring (bicyclic) bond motifs is 1. The fourth-order valence-corrected chi connectivity index (χ4v) is 3.33. The van der Waals surface area contributed by atoms with E-state index in [-0.39, 0.29) is 18.8 Å². The van der Waals surface area contributed by atoms with Gasteiger partial charge in [0.1, 0.15) is 11.5 Å². The summed E-state index contributed by atoms with van der Waals surface area (Å²) in [5, 5.41) is 5.99. The Labute approximate surface area is 180 Å². The summed E-state index contributed by atoms with van der Waals surface area (Å²) in [4.78, 5) is 17.4. The number of hydrogen-bond donors (Lipinski definition) is 2. The molecule has 0 aliphatic carbocycles. The molecule has 9 heteroatoms. The zero-order valence-corrected chi connectivity index (χ0v) is 17.5. The van der Waals surface area contributed by atoms with E-state index in [1.807, 2.05) is 0 Å². The van der Waals surface area contributed by atoms with E-state index >= 15 is 0 Å². The van der Waals surface area contributed by atoms with Gasteiger partial charge in [0.15, 0.2) is 11.5 Å². The van der Waals surface area contributed by atoms with E-state index in [0.717, 1.165) is 19.4 Å². The number of anilines is 1. The van der Waals surface area contributed by atoms with Gasteiger partial charge in [0.05, 0.1) is 26.9 Å². The SMILES string of the molecule is COc1cc(NC(=NC[C@H]2CCCO2)NC(=O)c2ccc3c(c2)OCO3)cc(OC)c1. The number of benzene rings is 2. The summed E-state index contributed by atoms with van der Waals surface area (Å²) >= 11 is 0. The normalized spacial score (nSPS) is 17.4. The predicted molar refractivity (Wildman–Crippen MR) is 114 cm³/mol. The van der Waals surface area contributed by atoms with Crippen molar-refractivity contribution in [2.45, 2.75) is 18.9 Å². The number of methoxy groups -OCH3 is 2. The molecule has 2 aliphatic heterocycles. The monoisotopic (exact) mass is 427 g/mol. The van der Waals surface area contributed by atoms with Gasteiger partial charge in [0, 0.05) is 36.1 Å². The zero-order valence-electron chi connectivity index (χ0n) is 17.5. The lowest BCUT2D eigenvalue weighted by Crippen LogP contribution is -2.36. The standard InChI is InChI=1S/C22H25N3O6/c1-27-17-9-15(10-18(11-17)28-2)24-22(23-12-16-4-3-7-29-16)25-21(26)14-5-6-19-20(8-14)31-13-30-19/h5-6,8-11,16H,3-4,7,12-13H2,1-2H3,(H2,23,24,25,26)/t16-/m1/s1. The molecular formula is C22H25N3O6. The number of nitrogens with one attached hydrogen (secondary N) is 2. The van der Waals surface area contributed by atoms with Crippen molar-refractivity contribution in [3.63, 3.8) is 0 Å². The lowest BCUT2D eigenvalue weighted by Gasteiger charge is -2.15. The summed E-state index contributed by atoms with van der Waals surface area (Å²) in [6.45, 7) is 1.32. The summed E-state index contributed by atoms with van der Waals surface area (Å²) in [5.41, 5.74) is 1.09. The minimum absolute atomic E-state index is 0.0408. The first-order chi connectivity index (χ1) is 15.1. The summed E-state index contributed by atoms with van der Waals surface area (Å²) in [5.74, 6) is 2.35. The van der Waals surface area contributed by atoms with Crippen molar-refractivity contribution in [1.82, 2.24) is 5.32 Å². The molecule has 0 bridgehead atoms. The number of amides is 1. The molecule has 4 rings (SSSR count). The van der Waals surface area contributed by atoms with Gasteiger partial charge in [-0.2, -0.15) is 0 Å². The first kappa shape index (κ1) is 20.8. The van der Waals surface area contributed by atoms with E-state index < -0.39 is 0 Å². The molecule has 9 nitrogen and oxygen atoms in total. The Morgan fingerprint density at radius 3 is 2.58 bits per heavy atom. The van der Waals surface area contributed by atoms with E-state index in [9.17, 15) is 4.79 Å². The van der Waals surface area contributed by atoms with Crippen LogP contribution >= 0.6 is 0 Å². The van der Waals surface area contributed by atoms with Crippen LogP contribution in [0.4, 0.5) is 5.69 Å². The van der Waals surface area contributed by atoms with Crippen LogP contribution in [0.3, 0.4) is 0 Å². The first-order valence-electron chi connectivity index (χ1n) is 10.0. The van der Waals surface area contributed by atoms with Crippen molar-refractivity contribution in [2.75, 3.05) is 39.5 Å². The number of guanidine groups is 1. The Morgan fingerprint density at radius 2 is 1.87 bits per heavy atom. The summed E-state index contributed by atoms with van der Waals surface area (Å²) in [7, 11) is 3.15. The van der Waals surface area contributed by atoms with Crippen LogP contribution in [0, 0.1) is 0 Å². The third-order valence-corrected chi connectivity index (χ3v) is 4.96. The minimum atomic E-state index is -0.327. The van der Waals surface area contributed by atoms with E-state index in [4.69, 9.17) is 23.7 Å². The van der Waals surface area contributed by atoms with Gasteiger partial charge in [-0.1, -0.05) is 0 Å². The molecule has 2 aliphatic rings. The maximum absolute atomic E-state index is 12.9. The lowest BCUT2D eigenvalue weighted by molar-refractivity contribution is 0.0975. The van der Waals surface area contributed by atoms with Gasteiger partial charge in [0.25, 0.3) is 5.91 Å². The molecule has 0 aromatic heterocycles. The summed E-state index contributed by atoms with van der Waals surface area (Å²) < 4.78 is 27.0. The fourth-order valence-electron chi connectivity index (χ4n) is 3.33. The number of carbonyl (C=O) groups is 1.